The van der Waals surface area contributed by atoms with E-state index < -0.39 is 5.97 Å². The van der Waals surface area contributed by atoms with E-state index in [4.69, 9.17) is 5.11 Å². The van der Waals surface area contributed by atoms with Crippen LogP contribution in [0.5, 0.6) is 0 Å². The molecule has 0 amide bonds. The van der Waals surface area contributed by atoms with Gasteiger partial charge in [-0.3, -0.25) is 4.79 Å². The van der Waals surface area contributed by atoms with Gasteiger partial charge in [0.15, 0.2) is 0 Å². The molecule has 0 saturated heterocycles. The van der Waals surface area contributed by atoms with Gasteiger partial charge < -0.3 is 5.11 Å². The molecule has 0 unspecified atom stereocenters. The van der Waals surface area contributed by atoms with E-state index in [2.05, 4.69) is 42.5 Å². The van der Waals surface area contributed by atoms with Gasteiger partial charge in [-0.25, -0.2) is 0 Å². The zero-order valence-corrected chi connectivity index (χ0v) is 18.9. The van der Waals surface area contributed by atoms with Crippen LogP contribution in [0, 0.1) is 0 Å². The van der Waals surface area contributed by atoms with Gasteiger partial charge in [-0.1, -0.05) is 126 Å². The number of fused-ring (bicyclic) bond motifs is 1. The monoisotopic (exact) mass is 410 g/mol. The van der Waals surface area contributed by atoms with E-state index in [-0.39, 0.29) is 0 Å². The Labute approximate surface area is 184 Å². The van der Waals surface area contributed by atoms with Crippen LogP contribution in [0.25, 0.3) is 10.8 Å². The molecule has 166 valence electrons. The van der Waals surface area contributed by atoms with Gasteiger partial charge in [-0.15, -0.1) is 0 Å². The number of unbranched alkanes of at least 4 members (excludes halogenated alkanes) is 14. The molecule has 0 aliphatic heterocycles. The van der Waals surface area contributed by atoms with Gasteiger partial charge in [-0.2, -0.15) is 0 Å². The number of carboxylic acids is 1. The third-order valence-corrected chi connectivity index (χ3v) is 6.17. The number of hydrogen-bond donors (Lipinski definition) is 1. The maximum absolute atomic E-state index is 10.4. The van der Waals surface area contributed by atoms with Gasteiger partial charge in [0.2, 0.25) is 0 Å². The van der Waals surface area contributed by atoms with Crippen LogP contribution >= 0.6 is 0 Å². The van der Waals surface area contributed by atoms with Crippen molar-refractivity contribution in [3.63, 3.8) is 0 Å². The average Bonchev–Trinajstić information content (AvgIpc) is 2.75. The summed E-state index contributed by atoms with van der Waals surface area (Å²) in [5, 5.41) is 11.3. The quantitative estimate of drug-likeness (QED) is 0.249. The zero-order valence-electron chi connectivity index (χ0n) is 18.9. The maximum Gasteiger partial charge on any atom is 0.303 e. The molecule has 0 saturated carbocycles. The molecular formula is C28H42O2. The highest BCUT2D eigenvalue weighted by Crippen LogP contribution is 2.18. The van der Waals surface area contributed by atoms with Crippen molar-refractivity contribution in [2.75, 3.05) is 0 Å². The summed E-state index contributed by atoms with van der Waals surface area (Å²) >= 11 is 0. The topological polar surface area (TPSA) is 37.3 Å². The minimum Gasteiger partial charge on any atom is -0.481 e. The van der Waals surface area contributed by atoms with Crippen molar-refractivity contribution < 1.29 is 9.90 Å². The van der Waals surface area contributed by atoms with Crippen LogP contribution in [0.3, 0.4) is 0 Å². The van der Waals surface area contributed by atoms with Gasteiger partial charge in [-0.05, 0) is 35.6 Å². The van der Waals surface area contributed by atoms with Gasteiger partial charge in [0.05, 0.1) is 0 Å². The Morgan fingerprint density at radius 3 is 1.57 bits per heavy atom. The molecule has 0 bridgehead atoms. The fourth-order valence-electron chi connectivity index (χ4n) is 4.30. The van der Waals surface area contributed by atoms with Crippen LogP contribution in [0.4, 0.5) is 0 Å². The van der Waals surface area contributed by atoms with Crippen LogP contribution < -0.4 is 0 Å². The summed E-state index contributed by atoms with van der Waals surface area (Å²) in [5.74, 6) is -0.656. The Kier molecular flexibility index (Phi) is 13.0. The Balaban J connectivity index is 1.32. The lowest BCUT2D eigenvalue weighted by molar-refractivity contribution is -0.137. The van der Waals surface area contributed by atoms with E-state index in [1.165, 1.54) is 106 Å². The fourth-order valence-corrected chi connectivity index (χ4v) is 4.30. The zero-order chi connectivity index (χ0) is 21.3. The molecule has 0 heterocycles. The maximum atomic E-state index is 10.4. The molecule has 0 fully saturated rings. The molecule has 0 radical (unpaired) electrons. The number of rotatable bonds is 18. The summed E-state index contributed by atoms with van der Waals surface area (Å²) < 4.78 is 0. The number of aliphatic carboxylic acids is 1. The Bertz CT molecular complexity index is 707. The third kappa shape index (κ3) is 11.4. The van der Waals surface area contributed by atoms with Crippen LogP contribution in [0.1, 0.15) is 108 Å². The number of carbonyl (C=O) groups is 1. The van der Waals surface area contributed by atoms with E-state index in [0.717, 1.165) is 12.8 Å². The van der Waals surface area contributed by atoms with Crippen molar-refractivity contribution >= 4 is 16.7 Å². The number of carboxylic acid groups (broad SMARTS) is 1. The SMILES string of the molecule is O=C(O)CCCCCCCCCCCCCCCCCc1ccc2ccccc2c1. The van der Waals surface area contributed by atoms with E-state index in [1.54, 1.807) is 0 Å². The van der Waals surface area contributed by atoms with Crippen molar-refractivity contribution in [3.8, 4) is 0 Å². The normalized spacial score (nSPS) is 11.2. The Morgan fingerprint density at radius 2 is 1.03 bits per heavy atom. The molecule has 0 aromatic heterocycles. The molecule has 0 spiro atoms. The first-order chi connectivity index (χ1) is 14.8. The van der Waals surface area contributed by atoms with E-state index in [0.29, 0.717) is 6.42 Å². The summed E-state index contributed by atoms with van der Waals surface area (Å²) in [5.41, 5.74) is 1.48. The molecule has 2 nitrogen and oxygen atoms in total. The van der Waals surface area contributed by atoms with Crippen molar-refractivity contribution in [1.82, 2.24) is 0 Å². The standard InChI is InChI=1S/C28H42O2/c29-28(30)21-15-13-11-9-7-5-3-1-2-4-6-8-10-12-14-18-25-22-23-26-19-16-17-20-27(26)24-25/h16-17,19-20,22-24H,1-15,18,21H2,(H,29,30). The molecule has 2 aromatic carbocycles. The first kappa shape index (κ1) is 24.4. The van der Waals surface area contributed by atoms with Crippen LogP contribution in [-0.4, -0.2) is 11.1 Å². The molecule has 0 atom stereocenters. The average molecular weight is 411 g/mol. The molecule has 1 N–H and O–H groups in total. The van der Waals surface area contributed by atoms with Crippen LogP contribution in [0.2, 0.25) is 0 Å². The number of benzene rings is 2. The fraction of sp³-hybridized carbons (Fsp3) is 0.607. The Hall–Kier alpha value is -1.83. The second-order valence-electron chi connectivity index (χ2n) is 8.88. The summed E-state index contributed by atoms with van der Waals surface area (Å²) in [6.45, 7) is 0. The second kappa shape index (κ2) is 15.9. The molecule has 2 aromatic rings. The van der Waals surface area contributed by atoms with E-state index in [1.807, 2.05) is 0 Å². The third-order valence-electron chi connectivity index (χ3n) is 6.17. The second-order valence-corrected chi connectivity index (χ2v) is 8.88. The predicted molar refractivity (Wildman–Crippen MR) is 129 cm³/mol. The minimum atomic E-state index is -0.656. The van der Waals surface area contributed by atoms with Gasteiger partial charge >= 0.3 is 5.97 Å². The van der Waals surface area contributed by atoms with Gasteiger partial charge in [0, 0.05) is 6.42 Å². The molecule has 30 heavy (non-hydrogen) atoms. The molecule has 0 aliphatic carbocycles. The lowest BCUT2D eigenvalue weighted by Gasteiger charge is -2.05. The molecule has 2 heteroatoms. The van der Waals surface area contributed by atoms with Crippen LogP contribution in [0.15, 0.2) is 42.5 Å². The van der Waals surface area contributed by atoms with E-state index >= 15 is 0 Å². The lowest BCUT2D eigenvalue weighted by Crippen LogP contribution is -1.93. The van der Waals surface area contributed by atoms with E-state index in [9.17, 15) is 4.79 Å². The van der Waals surface area contributed by atoms with Gasteiger partial charge in [0.25, 0.3) is 0 Å². The largest absolute Gasteiger partial charge is 0.481 e. The molecular weight excluding hydrogens is 368 g/mol. The Morgan fingerprint density at radius 1 is 0.567 bits per heavy atom. The first-order valence-corrected chi connectivity index (χ1v) is 12.5. The highest BCUT2D eigenvalue weighted by atomic mass is 16.4. The van der Waals surface area contributed by atoms with Crippen molar-refractivity contribution in [1.29, 1.82) is 0 Å². The van der Waals surface area contributed by atoms with Crippen molar-refractivity contribution in [2.24, 2.45) is 0 Å². The van der Waals surface area contributed by atoms with Crippen molar-refractivity contribution in [3.05, 3.63) is 48.0 Å². The van der Waals surface area contributed by atoms with Crippen LogP contribution in [-0.2, 0) is 11.2 Å². The number of hydrogen-bond acceptors (Lipinski definition) is 1. The van der Waals surface area contributed by atoms with Gasteiger partial charge in [0.1, 0.15) is 0 Å². The minimum absolute atomic E-state index is 0.338. The number of aryl methyl sites for hydroxylation is 1. The molecule has 2 rings (SSSR count). The highest BCUT2D eigenvalue weighted by Gasteiger charge is 1.99. The summed E-state index contributed by atoms with van der Waals surface area (Å²) in [6.07, 6.45) is 21.1. The first-order valence-electron chi connectivity index (χ1n) is 12.5. The predicted octanol–water partition coefficient (Wildman–Crippen LogP) is 8.71. The smallest absolute Gasteiger partial charge is 0.303 e. The lowest BCUT2D eigenvalue weighted by atomic mass is 10.0. The summed E-state index contributed by atoms with van der Waals surface area (Å²) in [4.78, 5) is 10.4. The summed E-state index contributed by atoms with van der Waals surface area (Å²) in [7, 11) is 0. The van der Waals surface area contributed by atoms with Crippen molar-refractivity contribution in [2.45, 2.75) is 109 Å². The highest BCUT2D eigenvalue weighted by molar-refractivity contribution is 5.82. The summed E-state index contributed by atoms with van der Waals surface area (Å²) in [6, 6.07) is 15.5. The molecule has 0 aliphatic rings.